The highest BCUT2D eigenvalue weighted by Crippen LogP contribution is 2.33. The van der Waals surface area contributed by atoms with Crippen LogP contribution in [0.15, 0.2) is 41.3 Å². The van der Waals surface area contributed by atoms with Crippen molar-refractivity contribution in [2.75, 3.05) is 13.2 Å². The molecule has 3 rings (SSSR count). The van der Waals surface area contributed by atoms with Gasteiger partial charge in [0.05, 0.1) is 14.3 Å². The number of carbonyl (C=O) groups excluding carboxylic acids is 1. The molecule has 1 N–H and O–H groups in total. The van der Waals surface area contributed by atoms with Gasteiger partial charge in [-0.25, -0.2) is 0 Å². The molecule has 204 valence electrons. The Labute approximate surface area is 328 Å². The molecule has 0 heterocycles. The van der Waals surface area contributed by atoms with Crippen molar-refractivity contribution in [1.82, 2.24) is 0 Å². The van der Waals surface area contributed by atoms with Gasteiger partial charge in [0.25, 0.3) is 10.1 Å². The van der Waals surface area contributed by atoms with Crippen molar-refractivity contribution in [3.05, 3.63) is 65.0 Å². The van der Waals surface area contributed by atoms with E-state index in [-0.39, 0.29) is 31.0 Å². The van der Waals surface area contributed by atoms with Crippen LogP contribution in [0.3, 0.4) is 0 Å². The van der Waals surface area contributed by atoms with Crippen LogP contribution in [0.2, 0.25) is 0 Å². The second-order valence-corrected chi connectivity index (χ2v) is 18.2. The van der Waals surface area contributed by atoms with Gasteiger partial charge in [-0.1, -0.05) is 0 Å². The molecule has 7 nitrogen and oxygen atoms in total. The average Bonchev–Trinajstić information content (AvgIpc) is 2.74. The maximum absolute atomic E-state index is 13.3. The molecule has 38 heavy (non-hydrogen) atoms. The third kappa shape index (κ3) is 9.74. The molecule has 3 aromatic rings. The summed E-state index contributed by atoms with van der Waals surface area (Å²) in [6.07, 6.45) is 0. The van der Waals surface area contributed by atoms with Crippen molar-refractivity contribution in [3.63, 3.8) is 0 Å². The van der Waals surface area contributed by atoms with Gasteiger partial charge in [-0.3, -0.25) is 9.35 Å². The minimum absolute atomic E-state index is 0.000240. The van der Waals surface area contributed by atoms with E-state index in [1.54, 1.807) is 45.2 Å². The lowest BCUT2D eigenvalue weighted by molar-refractivity contribution is -0.141. The van der Waals surface area contributed by atoms with Crippen molar-refractivity contribution in [3.8, 4) is 17.2 Å². The maximum Gasteiger partial charge on any atom is 0.321 e. The van der Waals surface area contributed by atoms with E-state index in [4.69, 9.17) is 14.2 Å². The normalized spacial score (nSPS) is 11.5. The largest absolute Gasteiger partial charge is 0.490 e. The van der Waals surface area contributed by atoms with E-state index in [1.807, 2.05) is 24.3 Å². The molecule has 0 amide bonds. The van der Waals surface area contributed by atoms with Crippen LogP contribution in [0.5, 0.6) is 17.2 Å². The highest BCUT2D eigenvalue weighted by Gasteiger charge is 2.27. The Morgan fingerprint density at radius 3 is 1.39 bits per heavy atom. The summed E-state index contributed by atoms with van der Waals surface area (Å²) in [6, 6.07) is 10.7. The van der Waals surface area contributed by atoms with Crippen LogP contribution < -0.4 is 14.2 Å². The van der Waals surface area contributed by atoms with Crippen molar-refractivity contribution < 1.29 is 32.0 Å². The van der Waals surface area contributed by atoms with Crippen LogP contribution in [0, 0.1) is 34.5 Å². The van der Waals surface area contributed by atoms with Gasteiger partial charge < -0.3 is 14.2 Å². The molecule has 3 aromatic carbocycles. The maximum atomic E-state index is 13.3. The summed E-state index contributed by atoms with van der Waals surface area (Å²) in [6.45, 7) is 0.000480. The second-order valence-electron chi connectivity index (χ2n) is 7.33. The Morgan fingerprint density at radius 1 is 0.684 bits per heavy atom. The van der Waals surface area contributed by atoms with E-state index in [0.29, 0.717) is 11.5 Å². The van der Waals surface area contributed by atoms with Crippen molar-refractivity contribution in [2.45, 2.75) is 4.90 Å². The SMILES string of the molecule is O=C(Oc1cc(I)c(S(=O)(=O)O)c(I)c1)C(COc1c(I)cc(I)cc1I)COc1c(I)cc(I)cc1I. The molecule has 0 atom stereocenters. The Hall–Kier alpha value is 2.48. The van der Waals surface area contributed by atoms with Crippen LogP contribution in [0.25, 0.3) is 0 Å². The zero-order valence-corrected chi connectivity index (χ0v) is 36.4. The van der Waals surface area contributed by atoms with E-state index in [2.05, 4.69) is 136 Å². The molecule has 0 fully saturated rings. The van der Waals surface area contributed by atoms with Crippen LogP contribution in [0.1, 0.15) is 0 Å². The van der Waals surface area contributed by atoms with E-state index < -0.39 is 22.0 Å². The first-order valence-corrected chi connectivity index (χ1v) is 20.0. The number of esters is 1. The summed E-state index contributed by atoms with van der Waals surface area (Å²) in [5.41, 5.74) is 0. The van der Waals surface area contributed by atoms with Gasteiger partial charge in [0.15, 0.2) is 0 Å². The molecule has 0 spiro atoms. The van der Waals surface area contributed by atoms with Gasteiger partial charge in [-0.05, 0) is 217 Å². The Kier molecular flexibility index (Phi) is 14.2. The fraction of sp³-hybridized carbons (Fsp3) is 0.136. The van der Waals surface area contributed by atoms with E-state index >= 15 is 0 Å². The average molecular weight is 1440 g/mol. The predicted octanol–water partition coefficient (Wildman–Crippen LogP) is 8.45. The number of carbonyl (C=O) groups is 1. The highest BCUT2D eigenvalue weighted by molar-refractivity contribution is 14.1. The molecule has 0 radical (unpaired) electrons. The molecule has 0 unspecified atom stereocenters. The van der Waals surface area contributed by atoms with Gasteiger partial charge in [-0.2, -0.15) is 8.42 Å². The van der Waals surface area contributed by atoms with E-state index in [1.165, 1.54) is 12.1 Å². The molecule has 16 heteroatoms. The molecule has 0 bridgehead atoms. The molecule has 0 saturated heterocycles. The standard InChI is InChI=1S/C22H12I8O7S/c23-10-1-13(25)19(14(26)2-10)35-7-9(8-36-20-15(27)3-11(24)4-16(20)28)22(31)37-12-5-17(29)21(18(30)6-12)38(32,33)34/h1-6,9H,7-8H2,(H,32,33,34). The van der Waals surface area contributed by atoms with Crippen molar-refractivity contribution in [1.29, 1.82) is 0 Å². The lowest BCUT2D eigenvalue weighted by Crippen LogP contribution is -2.32. The lowest BCUT2D eigenvalue weighted by atomic mass is 10.2. The van der Waals surface area contributed by atoms with E-state index in [9.17, 15) is 17.8 Å². The van der Waals surface area contributed by atoms with Gasteiger partial charge >= 0.3 is 5.97 Å². The summed E-state index contributed by atoms with van der Waals surface area (Å²) in [4.78, 5) is 13.1. The summed E-state index contributed by atoms with van der Waals surface area (Å²) in [7, 11) is -4.43. The fourth-order valence-electron chi connectivity index (χ4n) is 2.93. The minimum atomic E-state index is -4.43. The monoisotopic (exact) mass is 1440 g/mol. The Morgan fingerprint density at radius 2 is 1.05 bits per heavy atom. The third-order valence-corrected chi connectivity index (χ3v) is 12.4. The number of halogens is 8. The Bertz CT molecular complexity index is 1370. The summed E-state index contributed by atoms with van der Waals surface area (Å²) >= 11 is 16.8. The zero-order chi connectivity index (χ0) is 28.4. The van der Waals surface area contributed by atoms with Gasteiger partial charge in [0.1, 0.15) is 41.3 Å². The summed E-state index contributed by atoms with van der Waals surface area (Å²) < 4.78 is 57.1. The van der Waals surface area contributed by atoms with Gasteiger partial charge in [0.2, 0.25) is 0 Å². The predicted molar refractivity (Wildman–Crippen MR) is 211 cm³/mol. The lowest BCUT2D eigenvalue weighted by Gasteiger charge is -2.20. The topological polar surface area (TPSA) is 99.1 Å². The van der Waals surface area contributed by atoms with E-state index in [0.717, 1.165) is 21.4 Å². The Balaban J connectivity index is 1.88. The van der Waals surface area contributed by atoms with Gasteiger partial charge in [-0.15, -0.1) is 0 Å². The number of hydrogen-bond donors (Lipinski definition) is 1. The summed E-state index contributed by atoms with van der Waals surface area (Å²) in [5, 5.41) is 0. The first-order chi connectivity index (χ1) is 17.7. The van der Waals surface area contributed by atoms with Crippen molar-refractivity contribution >= 4 is 197 Å². The number of benzene rings is 3. The van der Waals surface area contributed by atoms with Crippen molar-refractivity contribution in [2.24, 2.45) is 5.92 Å². The van der Waals surface area contributed by atoms with Crippen LogP contribution in [-0.4, -0.2) is 32.2 Å². The first kappa shape index (κ1) is 35.0. The highest BCUT2D eigenvalue weighted by atomic mass is 127. The molecule has 0 aliphatic heterocycles. The van der Waals surface area contributed by atoms with Crippen LogP contribution in [0.4, 0.5) is 0 Å². The number of ether oxygens (including phenoxy) is 3. The molecule has 0 aromatic heterocycles. The van der Waals surface area contributed by atoms with Crippen LogP contribution in [-0.2, 0) is 14.9 Å². The molecular formula is C22H12I8O7S. The molecule has 0 saturated carbocycles. The molecular weight excluding hydrogens is 1420 g/mol. The molecule has 0 aliphatic rings. The quantitative estimate of drug-likeness (QED) is 0.0995. The first-order valence-electron chi connectivity index (χ1n) is 9.90. The minimum Gasteiger partial charge on any atom is -0.490 e. The smallest absolute Gasteiger partial charge is 0.321 e. The number of rotatable bonds is 9. The third-order valence-electron chi connectivity index (χ3n) is 4.57. The zero-order valence-electron chi connectivity index (χ0n) is 18.3. The molecule has 0 aliphatic carbocycles. The second kappa shape index (κ2) is 15.5. The van der Waals surface area contributed by atoms with Gasteiger partial charge in [0, 0.05) is 14.3 Å². The van der Waals surface area contributed by atoms with Crippen LogP contribution >= 0.6 is 181 Å². The number of hydrogen-bond acceptors (Lipinski definition) is 6. The summed E-state index contributed by atoms with van der Waals surface area (Å²) in [5.74, 6) is 0.0949. The fourth-order valence-corrected chi connectivity index (χ4v) is 14.7.